The number of benzene rings is 1. The highest BCUT2D eigenvalue weighted by Crippen LogP contribution is 2.35. The molecule has 2 amide bonds. The molecule has 6 N–H and O–H groups in total. The van der Waals surface area contributed by atoms with E-state index in [1.807, 2.05) is 0 Å². The van der Waals surface area contributed by atoms with E-state index in [-0.39, 0.29) is 18.0 Å². The monoisotopic (exact) mass is 375 g/mol. The minimum Gasteiger partial charge on any atom is -0.406 e. The van der Waals surface area contributed by atoms with Gasteiger partial charge in [0.25, 0.3) is 0 Å². The van der Waals surface area contributed by atoms with Crippen molar-refractivity contribution in [3.8, 4) is 5.75 Å². The van der Waals surface area contributed by atoms with E-state index in [0.29, 0.717) is 18.0 Å². The van der Waals surface area contributed by atoms with Gasteiger partial charge in [0.1, 0.15) is 12.0 Å². The van der Waals surface area contributed by atoms with Gasteiger partial charge < -0.3 is 20.6 Å². The molecule has 2 aliphatic rings. The van der Waals surface area contributed by atoms with Crippen LogP contribution in [0.2, 0.25) is 0 Å². The number of carbonyl (C=O) groups is 1. The van der Waals surface area contributed by atoms with E-state index in [1.54, 1.807) is 0 Å². The molecule has 1 aliphatic heterocycles. The number of hydrogen-bond acceptors (Lipinski definition) is 6. The van der Waals surface area contributed by atoms with Crippen LogP contribution in [0.3, 0.4) is 0 Å². The second kappa shape index (κ2) is 7.66. The first kappa shape index (κ1) is 18.7. The number of rotatable bonds is 5. The number of halogens is 3. The number of urea groups is 1. The molecule has 0 radical (unpaired) electrons. The lowest BCUT2D eigenvalue weighted by atomic mass is 10.1. The Morgan fingerprint density at radius 1 is 1.19 bits per heavy atom. The van der Waals surface area contributed by atoms with Crippen molar-refractivity contribution in [2.45, 2.75) is 44.1 Å². The smallest absolute Gasteiger partial charge is 0.406 e. The maximum Gasteiger partial charge on any atom is 0.573 e. The Balaban J connectivity index is 1.51. The lowest BCUT2D eigenvalue weighted by molar-refractivity contribution is -0.274. The Labute approximate surface area is 147 Å². The molecular formula is C15H20F3N5O3. The van der Waals surface area contributed by atoms with Gasteiger partial charge in [-0.15, -0.1) is 13.2 Å². The molecule has 3 rings (SSSR count). The zero-order valence-corrected chi connectivity index (χ0v) is 13.6. The maximum atomic E-state index is 12.1. The van der Waals surface area contributed by atoms with Gasteiger partial charge in [0, 0.05) is 11.7 Å². The van der Waals surface area contributed by atoms with E-state index >= 15 is 0 Å². The van der Waals surface area contributed by atoms with E-state index in [1.165, 1.54) is 12.1 Å². The summed E-state index contributed by atoms with van der Waals surface area (Å²) in [6.07, 6.45) is -2.78. The van der Waals surface area contributed by atoms with E-state index < -0.39 is 18.7 Å². The van der Waals surface area contributed by atoms with Crippen molar-refractivity contribution in [3.05, 3.63) is 24.3 Å². The largest absolute Gasteiger partial charge is 0.573 e. The molecular weight excluding hydrogens is 355 g/mol. The van der Waals surface area contributed by atoms with Gasteiger partial charge in [0.15, 0.2) is 0 Å². The molecule has 1 aromatic rings. The minimum atomic E-state index is -4.76. The molecule has 144 valence electrons. The first-order valence-electron chi connectivity index (χ1n) is 8.17. The highest BCUT2D eigenvalue weighted by Gasteiger charge is 2.38. The fourth-order valence-corrected chi connectivity index (χ4v) is 2.89. The average molecular weight is 375 g/mol. The molecule has 0 aromatic heterocycles. The van der Waals surface area contributed by atoms with E-state index in [2.05, 4.69) is 31.5 Å². The first-order chi connectivity index (χ1) is 12.3. The molecule has 0 spiro atoms. The molecule has 1 saturated heterocycles. The molecule has 3 unspecified atom stereocenters. The summed E-state index contributed by atoms with van der Waals surface area (Å²) >= 11 is 0. The van der Waals surface area contributed by atoms with Crippen LogP contribution < -0.4 is 31.5 Å². The number of nitrogens with one attached hydrogen (secondary N) is 5. The van der Waals surface area contributed by atoms with Gasteiger partial charge in [0.2, 0.25) is 0 Å². The zero-order valence-electron chi connectivity index (χ0n) is 13.6. The topological polar surface area (TPSA) is 107 Å². The van der Waals surface area contributed by atoms with Gasteiger partial charge in [-0.1, -0.05) is 0 Å². The Bertz CT molecular complexity index is 624. The standard InChI is InChI=1S/C15H20F3N5O3/c16-15(17,18)26-10-5-3-9(4-6-10)19-14(24)22-13-20-11(8-1-2-8)7-12(21-13)23-25/h3-6,8,11-13,20-21,23,25H,1-2,7H2,(H2,19,22,24). The number of amides is 2. The van der Waals surface area contributed by atoms with Gasteiger partial charge in [0.05, 0.1) is 6.17 Å². The average Bonchev–Trinajstić information content (AvgIpc) is 3.40. The molecule has 0 bridgehead atoms. The van der Waals surface area contributed by atoms with Crippen LogP contribution in [0.4, 0.5) is 23.7 Å². The molecule has 1 aromatic carbocycles. The zero-order chi connectivity index (χ0) is 18.7. The van der Waals surface area contributed by atoms with Crippen LogP contribution in [0.1, 0.15) is 19.3 Å². The van der Waals surface area contributed by atoms with Gasteiger partial charge in [-0.25, -0.2) is 4.79 Å². The summed E-state index contributed by atoms with van der Waals surface area (Å²) in [4.78, 5) is 12.1. The van der Waals surface area contributed by atoms with Crippen LogP contribution in [-0.4, -0.2) is 36.1 Å². The number of alkyl halides is 3. The molecule has 11 heteroatoms. The second-order valence-corrected chi connectivity index (χ2v) is 6.30. The predicted octanol–water partition coefficient (Wildman–Crippen LogP) is 1.66. The Hall–Kier alpha value is -2.08. The Kier molecular flexibility index (Phi) is 5.51. The Morgan fingerprint density at radius 2 is 1.88 bits per heavy atom. The third-order valence-corrected chi connectivity index (χ3v) is 4.21. The second-order valence-electron chi connectivity index (χ2n) is 6.30. The summed E-state index contributed by atoms with van der Waals surface area (Å²) in [7, 11) is 0. The van der Waals surface area contributed by atoms with Crippen LogP contribution in [0.15, 0.2) is 24.3 Å². The lowest BCUT2D eigenvalue weighted by Gasteiger charge is -2.37. The van der Waals surface area contributed by atoms with Gasteiger partial charge in [-0.2, -0.15) is 5.48 Å². The number of hydrogen-bond donors (Lipinski definition) is 6. The quantitative estimate of drug-likeness (QED) is 0.437. The van der Waals surface area contributed by atoms with Gasteiger partial charge in [-0.3, -0.25) is 10.6 Å². The van der Waals surface area contributed by atoms with Crippen LogP contribution in [0, 0.1) is 5.92 Å². The lowest BCUT2D eigenvalue weighted by Crippen LogP contribution is -2.68. The molecule has 2 fully saturated rings. The van der Waals surface area contributed by atoms with Crippen molar-refractivity contribution < 1.29 is 27.9 Å². The number of anilines is 1. The summed E-state index contributed by atoms with van der Waals surface area (Å²) in [5.41, 5.74) is 2.47. The summed E-state index contributed by atoms with van der Waals surface area (Å²) in [6, 6.07) is 4.43. The third kappa shape index (κ3) is 5.46. The molecule has 8 nitrogen and oxygen atoms in total. The minimum absolute atomic E-state index is 0.171. The first-order valence-corrected chi connectivity index (χ1v) is 8.17. The fourth-order valence-electron chi connectivity index (χ4n) is 2.89. The van der Waals surface area contributed by atoms with Crippen molar-refractivity contribution in [1.29, 1.82) is 0 Å². The van der Waals surface area contributed by atoms with Crippen molar-refractivity contribution in [1.82, 2.24) is 21.4 Å². The van der Waals surface area contributed by atoms with Crippen molar-refractivity contribution in [2.24, 2.45) is 5.92 Å². The summed E-state index contributed by atoms with van der Waals surface area (Å²) in [5, 5.41) is 20.6. The fraction of sp³-hybridized carbons (Fsp3) is 0.533. The SMILES string of the molecule is O=C(Nc1ccc(OC(F)(F)F)cc1)NC1NC(NO)CC(C2CC2)N1. The summed E-state index contributed by atoms with van der Waals surface area (Å²) < 4.78 is 40.2. The predicted molar refractivity (Wildman–Crippen MR) is 85.2 cm³/mol. The van der Waals surface area contributed by atoms with Gasteiger partial charge >= 0.3 is 12.4 Å². The van der Waals surface area contributed by atoms with Crippen molar-refractivity contribution in [3.63, 3.8) is 0 Å². The van der Waals surface area contributed by atoms with Crippen LogP contribution in [-0.2, 0) is 0 Å². The third-order valence-electron chi connectivity index (χ3n) is 4.21. The number of carbonyl (C=O) groups excluding carboxylic acids is 1. The molecule has 26 heavy (non-hydrogen) atoms. The molecule has 1 aliphatic carbocycles. The molecule has 1 heterocycles. The van der Waals surface area contributed by atoms with E-state index in [9.17, 15) is 18.0 Å². The number of hydroxylamine groups is 1. The van der Waals surface area contributed by atoms with Gasteiger partial charge in [-0.05, 0) is 49.4 Å². The van der Waals surface area contributed by atoms with Crippen LogP contribution >= 0.6 is 0 Å². The van der Waals surface area contributed by atoms with E-state index in [0.717, 1.165) is 25.0 Å². The van der Waals surface area contributed by atoms with E-state index in [4.69, 9.17) is 5.21 Å². The van der Waals surface area contributed by atoms with Crippen LogP contribution in [0.5, 0.6) is 5.75 Å². The molecule has 3 atom stereocenters. The maximum absolute atomic E-state index is 12.1. The van der Waals surface area contributed by atoms with Crippen molar-refractivity contribution >= 4 is 11.7 Å². The highest BCUT2D eigenvalue weighted by molar-refractivity contribution is 5.89. The molecule has 1 saturated carbocycles. The normalized spacial score (nSPS) is 26.2. The highest BCUT2D eigenvalue weighted by atomic mass is 19.4. The number of ether oxygens (including phenoxy) is 1. The van der Waals surface area contributed by atoms with Crippen molar-refractivity contribution in [2.75, 3.05) is 5.32 Å². The summed E-state index contributed by atoms with van der Waals surface area (Å²) in [5.74, 6) is 0.157. The Morgan fingerprint density at radius 3 is 2.46 bits per heavy atom. The van der Waals surface area contributed by atoms with Crippen LogP contribution in [0.25, 0.3) is 0 Å². The summed E-state index contributed by atoms with van der Waals surface area (Å²) in [6.45, 7) is 0.